The average Bonchev–Trinajstić information content (AvgIpc) is 2.46. The molecule has 0 aliphatic heterocycles. The summed E-state index contributed by atoms with van der Waals surface area (Å²) in [7, 11) is 0. The molecule has 0 unspecified atom stereocenters. The van der Waals surface area contributed by atoms with Gasteiger partial charge >= 0.3 is 0 Å². The number of carbonyl (C=O) groups excluding carboxylic acids is 1. The number of carbonyl (C=O) groups is 1. The van der Waals surface area contributed by atoms with Crippen LogP contribution >= 0.6 is 11.6 Å². The molecule has 0 aliphatic carbocycles. The van der Waals surface area contributed by atoms with Crippen molar-refractivity contribution in [2.75, 3.05) is 0 Å². The lowest BCUT2D eigenvalue weighted by Gasteiger charge is -2.02. The maximum absolute atomic E-state index is 11.7. The summed E-state index contributed by atoms with van der Waals surface area (Å²) in [4.78, 5) is 19.5. The molecule has 0 radical (unpaired) electrons. The van der Waals surface area contributed by atoms with Crippen LogP contribution in [-0.2, 0) is 0 Å². The summed E-state index contributed by atoms with van der Waals surface area (Å²) >= 11 is 5.73. The lowest BCUT2D eigenvalue weighted by atomic mass is 10.2. The fourth-order valence-electron chi connectivity index (χ4n) is 1.27. The van der Waals surface area contributed by atoms with E-state index >= 15 is 0 Å². The average molecular weight is 276 g/mol. The molecule has 7 heteroatoms. The van der Waals surface area contributed by atoms with Gasteiger partial charge in [-0.05, 0) is 24.3 Å². The summed E-state index contributed by atoms with van der Waals surface area (Å²) in [6.45, 7) is 0. The number of benzene rings is 1. The second-order valence-corrected chi connectivity index (χ2v) is 3.97. The molecule has 19 heavy (non-hydrogen) atoms. The van der Waals surface area contributed by atoms with Crippen LogP contribution in [0.15, 0.2) is 48.0 Å². The Morgan fingerprint density at radius 3 is 2.63 bits per heavy atom. The number of rotatable bonds is 3. The Hall–Kier alpha value is -2.47. The summed E-state index contributed by atoms with van der Waals surface area (Å²) in [5, 5.41) is 4.31. The van der Waals surface area contributed by atoms with Gasteiger partial charge in [0, 0.05) is 23.0 Å². The Labute approximate surface area is 114 Å². The molecule has 1 heterocycles. The Kier molecular flexibility index (Phi) is 4.04. The minimum absolute atomic E-state index is 0.0791. The highest BCUT2D eigenvalue weighted by molar-refractivity contribution is 6.30. The zero-order valence-corrected chi connectivity index (χ0v) is 10.5. The predicted octanol–water partition coefficient (Wildman–Crippen LogP) is 1.18. The number of hydrazone groups is 1. The fourth-order valence-corrected chi connectivity index (χ4v) is 1.39. The number of nitrogens with one attached hydrogen (secondary N) is 1. The van der Waals surface area contributed by atoms with E-state index in [0.717, 1.165) is 0 Å². The molecule has 96 valence electrons. The number of halogens is 1. The van der Waals surface area contributed by atoms with Gasteiger partial charge in [-0.3, -0.25) is 9.78 Å². The molecule has 0 saturated carbocycles. The second kappa shape index (κ2) is 5.92. The minimum atomic E-state index is -0.386. The third-order valence-corrected chi connectivity index (χ3v) is 2.46. The van der Waals surface area contributed by atoms with Gasteiger partial charge in [0.25, 0.3) is 5.91 Å². The summed E-state index contributed by atoms with van der Waals surface area (Å²) in [6.07, 6.45) is 4.45. The molecule has 1 aromatic carbocycles. The predicted molar refractivity (Wildman–Crippen MR) is 71.7 cm³/mol. The molecule has 0 spiro atoms. The first kappa shape index (κ1) is 13.0. The van der Waals surface area contributed by atoms with Crippen LogP contribution in [0.25, 0.3) is 0 Å². The van der Waals surface area contributed by atoms with Gasteiger partial charge in [-0.1, -0.05) is 11.6 Å². The number of amidine groups is 1. The van der Waals surface area contributed by atoms with Crippen molar-refractivity contribution in [1.29, 1.82) is 0 Å². The molecule has 1 amide bonds. The van der Waals surface area contributed by atoms with Crippen molar-refractivity contribution in [3.8, 4) is 0 Å². The van der Waals surface area contributed by atoms with Crippen molar-refractivity contribution in [1.82, 2.24) is 15.4 Å². The van der Waals surface area contributed by atoms with Crippen molar-refractivity contribution in [2.24, 2.45) is 10.8 Å². The molecule has 0 aliphatic rings. The van der Waals surface area contributed by atoms with Gasteiger partial charge in [0.2, 0.25) is 0 Å². The van der Waals surface area contributed by atoms with Crippen molar-refractivity contribution in [3.05, 3.63) is 59.1 Å². The summed E-state index contributed by atoms with van der Waals surface area (Å²) in [6, 6.07) is 6.41. The number of hydrogen-bond acceptors (Lipinski definition) is 4. The van der Waals surface area contributed by atoms with E-state index in [1.54, 1.807) is 24.3 Å². The maximum Gasteiger partial charge on any atom is 0.271 e. The zero-order chi connectivity index (χ0) is 13.7. The van der Waals surface area contributed by atoms with Crippen molar-refractivity contribution >= 4 is 23.3 Å². The molecule has 6 nitrogen and oxygen atoms in total. The van der Waals surface area contributed by atoms with Gasteiger partial charge in [-0.15, -0.1) is 0 Å². The van der Waals surface area contributed by atoms with Crippen LogP contribution in [0.5, 0.6) is 0 Å². The van der Waals surface area contributed by atoms with E-state index in [0.29, 0.717) is 16.3 Å². The smallest absolute Gasteiger partial charge is 0.271 e. The molecule has 0 saturated heterocycles. The van der Waals surface area contributed by atoms with Crippen molar-refractivity contribution in [2.45, 2.75) is 0 Å². The maximum atomic E-state index is 11.7. The van der Waals surface area contributed by atoms with Crippen molar-refractivity contribution in [3.63, 3.8) is 0 Å². The summed E-state index contributed by atoms with van der Waals surface area (Å²) in [5.41, 5.74) is 8.81. The molecular formula is C12H10ClN5O. The quantitative estimate of drug-likeness (QED) is 0.500. The van der Waals surface area contributed by atoms with Gasteiger partial charge in [0.1, 0.15) is 5.69 Å². The Morgan fingerprint density at radius 1 is 1.26 bits per heavy atom. The van der Waals surface area contributed by atoms with E-state index in [2.05, 4.69) is 20.5 Å². The first-order chi connectivity index (χ1) is 9.16. The van der Waals surface area contributed by atoms with Gasteiger partial charge in [0.05, 0.1) is 6.20 Å². The normalized spacial score (nSPS) is 11.1. The van der Waals surface area contributed by atoms with Crippen LogP contribution in [0.1, 0.15) is 16.1 Å². The van der Waals surface area contributed by atoms with Crippen LogP contribution in [0.3, 0.4) is 0 Å². The van der Waals surface area contributed by atoms with Gasteiger partial charge in [0.15, 0.2) is 5.84 Å². The molecule has 0 fully saturated rings. The number of nitrogens with two attached hydrogens (primary N) is 1. The fraction of sp³-hybridized carbons (Fsp3) is 0. The van der Waals surface area contributed by atoms with Crippen LogP contribution in [0.4, 0.5) is 0 Å². The number of amides is 1. The zero-order valence-electron chi connectivity index (χ0n) is 9.75. The van der Waals surface area contributed by atoms with Gasteiger partial charge < -0.3 is 5.73 Å². The minimum Gasteiger partial charge on any atom is -0.380 e. The van der Waals surface area contributed by atoms with E-state index in [4.69, 9.17) is 17.3 Å². The molecular weight excluding hydrogens is 266 g/mol. The summed E-state index contributed by atoms with van der Waals surface area (Å²) < 4.78 is 0. The SMILES string of the molecule is NC(=NNC(=O)c1ccc(Cl)cc1)c1cnccn1. The molecule has 3 N–H and O–H groups in total. The number of nitrogens with zero attached hydrogens (tertiary/aromatic N) is 3. The molecule has 1 aromatic heterocycles. The largest absolute Gasteiger partial charge is 0.380 e. The van der Waals surface area contributed by atoms with Crippen LogP contribution < -0.4 is 11.2 Å². The highest BCUT2D eigenvalue weighted by atomic mass is 35.5. The van der Waals surface area contributed by atoms with Crippen LogP contribution in [-0.4, -0.2) is 21.7 Å². The standard InChI is InChI=1S/C12H10ClN5O/c13-9-3-1-8(2-4-9)12(19)18-17-11(14)10-7-15-5-6-16-10/h1-7H,(H2,14,17)(H,18,19). The van der Waals surface area contributed by atoms with Crippen molar-refractivity contribution < 1.29 is 4.79 Å². The molecule has 2 aromatic rings. The Balaban J connectivity index is 2.06. The first-order valence-electron chi connectivity index (χ1n) is 5.32. The van der Waals surface area contributed by atoms with Crippen LogP contribution in [0, 0.1) is 0 Å². The van der Waals surface area contributed by atoms with E-state index in [1.165, 1.54) is 18.6 Å². The van der Waals surface area contributed by atoms with E-state index in [-0.39, 0.29) is 11.7 Å². The monoisotopic (exact) mass is 275 g/mol. The highest BCUT2D eigenvalue weighted by Gasteiger charge is 2.05. The number of hydrogen-bond donors (Lipinski definition) is 2. The first-order valence-corrected chi connectivity index (χ1v) is 5.70. The van der Waals surface area contributed by atoms with Gasteiger partial charge in [-0.2, -0.15) is 5.10 Å². The van der Waals surface area contributed by atoms with E-state index < -0.39 is 0 Å². The Morgan fingerprint density at radius 2 is 2.00 bits per heavy atom. The summed E-state index contributed by atoms with van der Waals surface area (Å²) in [5.74, 6) is -0.307. The Bertz CT molecular complexity index is 597. The molecule has 0 atom stereocenters. The molecule has 0 bridgehead atoms. The number of aromatic nitrogens is 2. The van der Waals surface area contributed by atoms with E-state index in [1.807, 2.05) is 0 Å². The lowest BCUT2D eigenvalue weighted by molar-refractivity contribution is 0.0955. The van der Waals surface area contributed by atoms with Crippen LogP contribution in [0.2, 0.25) is 5.02 Å². The van der Waals surface area contributed by atoms with E-state index in [9.17, 15) is 4.79 Å². The third kappa shape index (κ3) is 3.49. The second-order valence-electron chi connectivity index (χ2n) is 3.54. The molecule has 2 rings (SSSR count). The highest BCUT2D eigenvalue weighted by Crippen LogP contribution is 2.09. The topological polar surface area (TPSA) is 93.3 Å². The van der Waals surface area contributed by atoms with Gasteiger partial charge in [-0.25, -0.2) is 10.4 Å². The lowest BCUT2D eigenvalue weighted by Crippen LogP contribution is -2.24. The third-order valence-electron chi connectivity index (χ3n) is 2.21.